The van der Waals surface area contributed by atoms with E-state index in [0.29, 0.717) is 11.8 Å². The van der Waals surface area contributed by atoms with Crippen LogP contribution in [0.1, 0.15) is 25.3 Å². The smallest absolute Gasteiger partial charge is 0.115 e. The summed E-state index contributed by atoms with van der Waals surface area (Å²) in [5.74, 6) is 1.21. The quantitative estimate of drug-likeness (QED) is 0.872. The summed E-state index contributed by atoms with van der Waals surface area (Å²) in [4.78, 5) is 2.63. The number of rotatable bonds is 3. The third-order valence-corrected chi connectivity index (χ3v) is 4.72. The Kier molecular flexibility index (Phi) is 3.76. The van der Waals surface area contributed by atoms with E-state index in [1.165, 1.54) is 38.0 Å². The van der Waals surface area contributed by atoms with Gasteiger partial charge in [-0.05, 0) is 56.3 Å². The first-order chi connectivity index (χ1) is 9.22. The molecule has 0 aliphatic carbocycles. The highest BCUT2D eigenvalue weighted by molar-refractivity contribution is 5.26. The minimum absolute atomic E-state index is 0.354. The highest BCUT2D eigenvalue weighted by atomic mass is 16.3. The van der Waals surface area contributed by atoms with Gasteiger partial charge in [0.1, 0.15) is 5.75 Å². The Morgan fingerprint density at radius 2 is 2.11 bits per heavy atom. The first kappa shape index (κ1) is 12.9. The van der Waals surface area contributed by atoms with Crippen molar-refractivity contribution in [2.24, 2.45) is 5.92 Å². The van der Waals surface area contributed by atoms with E-state index in [-0.39, 0.29) is 0 Å². The topological polar surface area (TPSA) is 35.5 Å². The molecule has 0 radical (unpaired) electrons. The molecule has 0 aromatic heterocycles. The molecule has 0 amide bonds. The molecule has 3 rings (SSSR count). The fraction of sp³-hybridized carbons (Fsp3) is 0.625. The van der Waals surface area contributed by atoms with Gasteiger partial charge in [0.2, 0.25) is 0 Å². The molecule has 1 aromatic carbocycles. The van der Waals surface area contributed by atoms with Gasteiger partial charge in [-0.1, -0.05) is 12.1 Å². The van der Waals surface area contributed by atoms with Crippen LogP contribution in [0, 0.1) is 5.92 Å². The van der Waals surface area contributed by atoms with Gasteiger partial charge < -0.3 is 10.4 Å². The van der Waals surface area contributed by atoms with Gasteiger partial charge in [-0.15, -0.1) is 0 Å². The molecule has 2 aliphatic rings. The van der Waals surface area contributed by atoms with Gasteiger partial charge in [0.15, 0.2) is 0 Å². The number of aromatic hydroxyl groups is 1. The minimum atomic E-state index is 0.354. The maximum absolute atomic E-state index is 9.32. The van der Waals surface area contributed by atoms with E-state index in [1.807, 2.05) is 12.1 Å². The zero-order chi connectivity index (χ0) is 13.2. The largest absolute Gasteiger partial charge is 0.508 e. The summed E-state index contributed by atoms with van der Waals surface area (Å²) >= 11 is 0. The summed E-state index contributed by atoms with van der Waals surface area (Å²) in [7, 11) is 0. The predicted octanol–water partition coefficient (Wildman–Crippen LogP) is 2.01. The van der Waals surface area contributed by atoms with Crippen molar-refractivity contribution in [2.75, 3.05) is 19.6 Å². The number of benzene rings is 1. The van der Waals surface area contributed by atoms with Crippen molar-refractivity contribution in [3.05, 3.63) is 29.8 Å². The van der Waals surface area contributed by atoms with Gasteiger partial charge in [0, 0.05) is 25.2 Å². The van der Waals surface area contributed by atoms with E-state index in [1.54, 1.807) is 12.1 Å². The van der Waals surface area contributed by atoms with E-state index in [0.717, 1.165) is 18.4 Å². The average molecular weight is 260 g/mol. The number of phenolic OH excluding ortho intramolecular Hbond substituents is 1. The van der Waals surface area contributed by atoms with Gasteiger partial charge >= 0.3 is 0 Å². The van der Waals surface area contributed by atoms with Crippen molar-refractivity contribution in [1.29, 1.82) is 0 Å². The summed E-state index contributed by atoms with van der Waals surface area (Å²) in [6, 6.07) is 8.94. The molecular weight excluding hydrogens is 236 g/mol. The third kappa shape index (κ3) is 2.93. The number of piperidine rings is 1. The van der Waals surface area contributed by atoms with Crippen molar-refractivity contribution in [2.45, 2.75) is 38.3 Å². The van der Waals surface area contributed by atoms with Crippen molar-refractivity contribution >= 4 is 0 Å². The van der Waals surface area contributed by atoms with Gasteiger partial charge in [-0.3, -0.25) is 4.90 Å². The molecule has 2 saturated heterocycles. The van der Waals surface area contributed by atoms with Crippen LogP contribution in [-0.4, -0.2) is 41.7 Å². The van der Waals surface area contributed by atoms with Gasteiger partial charge in [-0.2, -0.15) is 0 Å². The highest BCUT2D eigenvalue weighted by Gasteiger charge is 2.35. The lowest BCUT2D eigenvalue weighted by Gasteiger charge is -2.25. The molecule has 104 valence electrons. The molecule has 1 aromatic rings. The van der Waals surface area contributed by atoms with Crippen molar-refractivity contribution in [3.63, 3.8) is 0 Å². The Bertz CT molecular complexity index is 403. The number of fused-ring (bicyclic) bond motifs is 1. The zero-order valence-electron chi connectivity index (χ0n) is 11.7. The Morgan fingerprint density at radius 1 is 1.32 bits per heavy atom. The molecule has 2 aliphatic heterocycles. The molecule has 2 N–H and O–H groups in total. The Morgan fingerprint density at radius 3 is 2.84 bits per heavy atom. The number of phenols is 1. The summed E-state index contributed by atoms with van der Waals surface area (Å²) in [6.07, 6.45) is 3.79. The second-order valence-electron chi connectivity index (χ2n) is 6.14. The molecule has 1 unspecified atom stereocenters. The maximum Gasteiger partial charge on any atom is 0.115 e. The molecule has 19 heavy (non-hydrogen) atoms. The summed E-state index contributed by atoms with van der Waals surface area (Å²) < 4.78 is 0. The fourth-order valence-electron chi connectivity index (χ4n) is 3.54. The Labute approximate surface area is 115 Å². The maximum atomic E-state index is 9.32. The lowest BCUT2D eigenvalue weighted by molar-refractivity contribution is 0.246. The van der Waals surface area contributed by atoms with E-state index in [9.17, 15) is 5.11 Å². The molecule has 3 heteroatoms. The van der Waals surface area contributed by atoms with E-state index in [4.69, 9.17) is 0 Å². The second kappa shape index (κ2) is 5.51. The number of hydrogen-bond donors (Lipinski definition) is 2. The molecule has 3 nitrogen and oxygen atoms in total. The van der Waals surface area contributed by atoms with Gasteiger partial charge in [0.25, 0.3) is 0 Å². The van der Waals surface area contributed by atoms with E-state index >= 15 is 0 Å². The molecular formula is C16H24N2O. The average Bonchev–Trinajstić information content (AvgIpc) is 2.85. The summed E-state index contributed by atoms with van der Waals surface area (Å²) in [5, 5.41) is 13.0. The second-order valence-corrected chi connectivity index (χ2v) is 6.14. The molecule has 3 atom stereocenters. The minimum Gasteiger partial charge on any atom is -0.508 e. The zero-order valence-corrected chi connectivity index (χ0v) is 11.7. The summed E-state index contributed by atoms with van der Waals surface area (Å²) in [6.45, 7) is 5.96. The van der Waals surface area contributed by atoms with Crippen LogP contribution in [-0.2, 0) is 6.42 Å². The van der Waals surface area contributed by atoms with Crippen LogP contribution < -0.4 is 5.32 Å². The lowest BCUT2D eigenvalue weighted by Crippen LogP contribution is -2.41. The normalized spacial score (nSPS) is 29.1. The van der Waals surface area contributed by atoms with Crippen LogP contribution in [0.2, 0.25) is 0 Å². The summed E-state index contributed by atoms with van der Waals surface area (Å²) in [5.41, 5.74) is 1.31. The standard InChI is InChI=1S/C16H24N2O/c1-12(9-13-4-6-15(19)7-5-13)18-10-14-3-2-8-17-16(14)11-18/h4-7,12,14,16-17,19H,2-3,8-11H2,1H3/t12?,14-,16+/m0/s1. The van der Waals surface area contributed by atoms with Crippen LogP contribution in [0.5, 0.6) is 5.75 Å². The first-order valence-corrected chi connectivity index (χ1v) is 7.48. The number of nitrogens with one attached hydrogen (secondary N) is 1. The first-order valence-electron chi connectivity index (χ1n) is 7.48. The number of hydrogen-bond acceptors (Lipinski definition) is 3. The predicted molar refractivity (Wildman–Crippen MR) is 77.4 cm³/mol. The van der Waals surface area contributed by atoms with Crippen LogP contribution in [0.15, 0.2) is 24.3 Å². The fourth-order valence-corrected chi connectivity index (χ4v) is 3.54. The van der Waals surface area contributed by atoms with Crippen LogP contribution in [0.4, 0.5) is 0 Å². The lowest BCUT2D eigenvalue weighted by atomic mass is 9.94. The van der Waals surface area contributed by atoms with Crippen molar-refractivity contribution in [1.82, 2.24) is 10.2 Å². The van der Waals surface area contributed by atoms with E-state index in [2.05, 4.69) is 17.1 Å². The van der Waals surface area contributed by atoms with Gasteiger partial charge in [-0.25, -0.2) is 0 Å². The molecule has 0 saturated carbocycles. The van der Waals surface area contributed by atoms with Crippen LogP contribution in [0.3, 0.4) is 0 Å². The number of likely N-dealkylation sites (tertiary alicyclic amines) is 1. The SMILES string of the molecule is CC(Cc1ccc(O)cc1)N1C[C@@H]2CCCN[C@@H]2C1. The molecule has 2 heterocycles. The Hall–Kier alpha value is -1.06. The third-order valence-electron chi connectivity index (χ3n) is 4.72. The molecule has 0 spiro atoms. The number of nitrogens with zero attached hydrogens (tertiary/aromatic N) is 1. The monoisotopic (exact) mass is 260 g/mol. The Balaban J connectivity index is 1.58. The van der Waals surface area contributed by atoms with Crippen LogP contribution in [0.25, 0.3) is 0 Å². The van der Waals surface area contributed by atoms with Crippen molar-refractivity contribution < 1.29 is 5.11 Å². The van der Waals surface area contributed by atoms with E-state index < -0.39 is 0 Å². The van der Waals surface area contributed by atoms with Gasteiger partial charge in [0.05, 0.1) is 0 Å². The van der Waals surface area contributed by atoms with Crippen LogP contribution >= 0.6 is 0 Å². The van der Waals surface area contributed by atoms with Crippen molar-refractivity contribution in [3.8, 4) is 5.75 Å². The molecule has 0 bridgehead atoms. The molecule has 2 fully saturated rings. The highest BCUT2D eigenvalue weighted by Crippen LogP contribution is 2.27.